The summed E-state index contributed by atoms with van der Waals surface area (Å²) in [6, 6.07) is 13.3. The maximum absolute atomic E-state index is 7.84. The van der Waals surface area contributed by atoms with Crippen LogP contribution in [0.2, 0.25) is 0 Å². The van der Waals surface area contributed by atoms with Gasteiger partial charge in [0.25, 0.3) is 0 Å². The van der Waals surface area contributed by atoms with Crippen molar-refractivity contribution < 1.29 is 5.94 Å². The van der Waals surface area contributed by atoms with Crippen LogP contribution >= 0.6 is 0 Å². The molecule has 21 heavy (non-hydrogen) atoms. The summed E-state index contributed by atoms with van der Waals surface area (Å²) in [7, 11) is 2.11. The third-order valence-electron chi connectivity index (χ3n) is 4.68. The quantitative estimate of drug-likeness (QED) is 0.588. The van der Waals surface area contributed by atoms with E-state index in [4.69, 9.17) is 1.37 Å². The number of aryl methyl sites for hydroxylation is 4. The van der Waals surface area contributed by atoms with E-state index in [0.717, 1.165) is 5.39 Å². The van der Waals surface area contributed by atoms with Gasteiger partial charge in [-0.25, -0.2) is 4.57 Å². The zero-order chi connectivity index (χ0) is 15.3. The smallest absolute Gasteiger partial charge is 0.200 e. The highest BCUT2D eigenvalue weighted by Crippen LogP contribution is 2.32. The van der Waals surface area contributed by atoms with Crippen LogP contribution < -0.4 is 4.57 Å². The van der Waals surface area contributed by atoms with E-state index in [-0.39, 0.29) is 0 Å². The minimum absolute atomic E-state index is 0.568. The fraction of sp³-hybridized carbons (Fsp3) is 0.250. The first-order chi connectivity index (χ1) is 10.6. The Bertz CT molecular complexity index is 896. The molecule has 0 aliphatic heterocycles. The molecule has 1 nitrogen and oxygen atoms in total. The first-order valence-corrected chi connectivity index (χ1v) is 7.65. The number of pyridine rings is 1. The minimum atomic E-state index is 0.568. The molecule has 3 aromatic rings. The lowest BCUT2D eigenvalue weighted by Gasteiger charge is -2.10. The zero-order valence-corrected chi connectivity index (χ0v) is 12.6. The summed E-state index contributed by atoms with van der Waals surface area (Å²) in [5, 5.41) is 2.36. The van der Waals surface area contributed by atoms with Gasteiger partial charge in [0.15, 0.2) is 6.20 Å². The van der Waals surface area contributed by atoms with Crippen molar-refractivity contribution in [2.24, 2.45) is 7.05 Å². The second kappa shape index (κ2) is 4.70. The molecule has 0 saturated heterocycles. The van der Waals surface area contributed by atoms with Crippen LogP contribution in [0.4, 0.5) is 0 Å². The van der Waals surface area contributed by atoms with Crippen molar-refractivity contribution in [3.8, 4) is 11.3 Å². The number of hydrogen-bond donors (Lipinski definition) is 0. The Balaban J connectivity index is 2.04. The summed E-state index contributed by atoms with van der Waals surface area (Å²) in [5.74, 6) is 0. The molecule has 0 bridgehead atoms. The standard InChI is InChI=1S/C20H20N/c1-14-12-16-7-5-8-17(16)13-19(14)20-18-9-4-3-6-15(18)10-11-21(20)2/h3-4,6,9-13H,5,7-8H2,1-2H3/q+1/i3D. The van der Waals surface area contributed by atoms with Crippen molar-refractivity contribution in [2.75, 3.05) is 0 Å². The SMILES string of the molecule is [2H]c1ccc2c(-c3cc4c(cc3C)CCC4)[n+](C)ccc2c1. The Morgan fingerprint density at radius 3 is 2.76 bits per heavy atom. The van der Waals surface area contributed by atoms with E-state index in [0.29, 0.717) is 6.04 Å². The van der Waals surface area contributed by atoms with Crippen LogP contribution in [0.3, 0.4) is 0 Å². The second-order valence-electron chi connectivity index (χ2n) is 6.08. The van der Waals surface area contributed by atoms with Crippen LogP contribution in [-0.4, -0.2) is 0 Å². The molecule has 1 heterocycles. The van der Waals surface area contributed by atoms with Gasteiger partial charge in [-0.2, -0.15) is 0 Å². The third-order valence-corrected chi connectivity index (χ3v) is 4.68. The maximum atomic E-state index is 7.84. The van der Waals surface area contributed by atoms with Crippen LogP contribution in [-0.2, 0) is 19.9 Å². The van der Waals surface area contributed by atoms with Crippen molar-refractivity contribution in [3.63, 3.8) is 0 Å². The van der Waals surface area contributed by atoms with Crippen molar-refractivity contribution in [3.05, 3.63) is 65.3 Å². The first kappa shape index (κ1) is 11.5. The van der Waals surface area contributed by atoms with E-state index in [1.54, 1.807) is 0 Å². The van der Waals surface area contributed by atoms with E-state index in [1.807, 2.05) is 12.1 Å². The first-order valence-electron chi connectivity index (χ1n) is 8.15. The largest absolute Gasteiger partial charge is 0.220 e. The van der Waals surface area contributed by atoms with Gasteiger partial charge in [-0.15, -0.1) is 0 Å². The molecule has 1 heteroatoms. The van der Waals surface area contributed by atoms with E-state index in [1.165, 1.54) is 52.6 Å². The molecule has 1 aliphatic carbocycles. The van der Waals surface area contributed by atoms with Crippen LogP contribution in [0.15, 0.2) is 48.6 Å². The molecule has 0 radical (unpaired) electrons. The molecule has 0 fully saturated rings. The van der Waals surface area contributed by atoms with E-state index in [2.05, 4.69) is 49.0 Å². The molecule has 2 aromatic carbocycles. The summed E-state index contributed by atoms with van der Waals surface area (Å²) < 4.78 is 10.0. The van der Waals surface area contributed by atoms with E-state index < -0.39 is 0 Å². The maximum Gasteiger partial charge on any atom is 0.220 e. The van der Waals surface area contributed by atoms with Gasteiger partial charge in [-0.3, -0.25) is 0 Å². The van der Waals surface area contributed by atoms with Crippen LogP contribution in [0.25, 0.3) is 22.0 Å². The van der Waals surface area contributed by atoms with Gasteiger partial charge < -0.3 is 0 Å². The van der Waals surface area contributed by atoms with Crippen molar-refractivity contribution in [1.82, 2.24) is 0 Å². The Labute approximate surface area is 127 Å². The fourth-order valence-corrected chi connectivity index (χ4v) is 3.59. The Morgan fingerprint density at radius 1 is 1.10 bits per heavy atom. The van der Waals surface area contributed by atoms with Crippen LogP contribution in [0, 0.1) is 6.92 Å². The normalized spacial score (nSPS) is 14.3. The number of rotatable bonds is 1. The number of nitrogens with zero attached hydrogens (tertiary/aromatic N) is 1. The molecule has 0 atom stereocenters. The van der Waals surface area contributed by atoms with Gasteiger partial charge in [-0.1, -0.05) is 24.2 Å². The third kappa shape index (κ3) is 1.96. The topological polar surface area (TPSA) is 3.88 Å². The molecule has 4 rings (SSSR count). The van der Waals surface area contributed by atoms with E-state index >= 15 is 0 Å². The Kier molecular flexibility index (Phi) is 2.57. The highest BCUT2D eigenvalue weighted by atomic mass is 14.9. The van der Waals surface area contributed by atoms with Gasteiger partial charge in [-0.05, 0) is 60.4 Å². The molecule has 1 aromatic heterocycles. The van der Waals surface area contributed by atoms with Gasteiger partial charge >= 0.3 is 0 Å². The minimum Gasteiger partial charge on any atom is -0.200 e. The number of aromatic nitrogens is 1. The highest BCUT2D eigenvalue weighted by molar-refractivity contribution is 5.93. The molecule has 0 amide bonds. The van der Waals surface area contributed by atoms with Gasteiger partial charge in [0.2, 0.25) is 5.69 Å². The average Bonchev–Trinajstić information content (AvgIpc) is 2.94. The summed E-state index contributed by atoms with van der Waals surface area (Å²) in [4.78, 5) is 0. The van der Waals surface area contributed by atoms with Gasteiger partial charge in [0.1, 0.15) is 7.05 Å². The molecule has 0 saturated carbocycles. The van der Waals surface area contributed by atoms with E-state index in [9.17, 15) is 0 Å². The van der Waals surface area contributed by atoms with Crippen LogP contribution in [0.1, 0.15) is 24.5 Å². The Hall–Kier alpha value is -2.15. The summed E-state index contributed by atoms with van der Waals surface area (Å²) >= 11 is 0. The lowest BCUT2D eigenvalue weighted by molar-refractivity contribution is -0.659. The van der Waals surface area contributed by atoms with Crippen LogP contribution in [0.5, 0.6) is 0 Å². The summed E-state index contributed by atoms with van der Waals surface area (Å²) in [5.41, 5.74) is 6.96. The molecule has 104 valence electrons. The van der Waals surface area contributed by atoms with Crippen molar-refractivity contribution in [2.45, 2.75) is 26.2 Å². The average molecular weight is 275 g/mol. The second-order valence-corrected chi connectivity index (χ2v) is 6.08. The zero-order valence-electron chi connectivity index (χ0n) is 13.6. The Morgan fingerprint density at radius 2 is 1.90 bits per heavy atom. The molecule has 0 N–H and O–H groups in total. The fourth-order valence-electron chi connectivity index (χ4n) is 3.59. The highest BCUT2D eigenvalue weighted by Gasteiger charge is 2.20. The summed E-state index contributed by atoms with van der Waals surface area (Å²) in [6.45, 7) is 2.21. The summed E-state index contributed by atoms with van der Waals surface area (Å²) in [6.07, 6.45) is 5.81. The van der Waals surface area contributed by atoms with Gasteiger partial charge in [0, 0.05) is 11.6 Å². The predicted molar refractivity (Wildman–Crippen MR) is 87.3 cm³/mol. The molecular weight excluding hydrogens is 254 g/mol. The molecular formula is C20H20N+. The molecule has 1 aliphatic rings. The monoisotopic (exact) mass is 275 g/mol. The number of fused-ring (bicyclic) bond motifs is 2. The predicted octanol–water partition coefficient (Wildman–Crippen LogP) is 4.13. The lowest BCUT2D eigenvalue weighted by Crippen LogP contribution is -2.30. The molecule has 0 spiro atoms. The number of benzene rings is 2. The lowest BCUT2D eigenvalue weighted by atomic mass is 9.95. The van der Waals surface area contributed by atoms with Gasteiger partial charge in [0.05, 0.1) is 6.76 Å². The molecule has 0 unspecified atom stereocenters. The van der Waals surface area contributed by atoms with Crippen molar-refractivity contribution >= 4 is 10.8 Å². The number of hydrogen-bond acceptors (Lipinski definition) is 0. The van der Waals surface area contributed by atoms with Crippen molar-refractivity contribution in [1.29, 1.82) is 0 Å².